The summed E-state index contributed by atoms with van der Waals surface area (Å²) in [7, 11) is 3.14. The Kier molecular flexibility index (Phi) is 5.73. The first-order chi connectivity index (χ1) is 13.5. The van der Waals surface area contributed by atoms with Gasteiger partial charge in [0.2, 0.25) is 0 Å². The first kappa shape index (κ1) is 19.2. The van der Waals surface area contributed by atoms with E-state index < -0.39 is 0 Å². The monoisotopic (exact) mass is 383 g/mol. The first-order valence-electron chi connectivity index (χ1n) is 8.61. The molecule has 146 valence electrons. The highest BCUT2D eigenvalue weighted by molar-refractivity contribution is 5.93. The van der Waals surface area contributed by atoms with Crippen molar-refractivity contribution < 1.29 is 14.3 Å². The number of nitrogens with zero attached hydrogens (tertiary/aromatic N) is 3. The molecule has 28 heavy (non-hydrogen) atoms. The van der Waals surface area contributed by atoms with E-state index in [-0.39, 0.29) is 18.0 Å². The molecule has 2 aromatic heterocycles. The Morgan fingerprint density at radius 2 is 2.04 bits per heavy atom. The second-order valence-corrected chi connectivity index (χ2v) is 6.05. The highest BCUT2D eigenvalue weighted by Crippen LogP contribution is 2.32. The van der Waals surface area contributed by atoms with Crippen LogP contribution in [0.5, 0.6) is 11.5 Å². The third-order valence-corrected chi connectivity index (χ3v) is 4.16. The standard InChI is InChI=1S/C19H21N5O4/c1-12-8-18(25)24(11-21-12)7-6-20-19(26)16-10-15(22-23-16)14-9-13(27-2)4-5-17(14)28-3/h4-5,8-11H,6-7H2,1-3H3,(H,20,26)(H,22,23). The van der Waals surface area contributed by atoms with Gasteiger partial charge >= 0.3 is 0 Å². The average molecular weight is 383 g/mol. The molecule has 0 saturated carbocycles. The van der Waals surface area contributed by atoms with E-state index in [1.54, 1.807) is 45.4 Å². The van der Waals surface area contributed by atoms with Gasteiger partial charge in [-0.3, -0.25) is 19.3 Å². The van der Waals surface area contributed by atoms with Gasteiger partial charge in [-0.2, -0.15) is 5.10 Å². The minimum Gasteiger partial charge on any atom is -0.497 e. The van der Waals surface area contributed by atoms with Gasteiger partial charge in [-0.1, -0.05) is 0 Å². The summed E-state index contributed by atoms with van der Waals surface area (Å²) in [6, 6.07) is 8.42. The summed E-state index contributed by atoms with van der Waals surface area (Å²) in [5.41, 5.74) is 2.06. The van der Waals surface area contributed by atoms with Gasteiger partial charge in [0.1, 0.15) is 17.2 Å². The fourth-order valence-electron chi connectivity index (χ4n) is 2.66. The minimum absolute atomic E-state index is 0.157. The zero-order chi connectivity index (χ0) is 20.1. The lowest BCUT2D eigenvalue weighted by atomic mass is 10.1. The van der Waals surface area contributed by atoms with Crippen molar-refractivity contribution in [3.05, 3.63) is 58.4 Å². The van der Waals surface area contributed by atoms with Crippen molar-refractivity contribution in [3.8, 4) is 22.8 Å². The molecule has 0 aliphatic rings. The molecule has 9 nitrogen and oxygen atoms in total. The number of aryl methyl sites for hydroxylation is 1. The van der Waals surface area contributed by atoms with Crippen LogP contribution < -0.4 is 20.3 Å². The smallest absolute Gasteiger partial charge is 0.269 e. The number of aromatic amines is 1. The van der Waals surface area contributed by atoms with E-state index in [0.29, 0.717) is 40.7 Å². The number of hydrogen-bond acceptors (Lipinski definition) is 6. The Bertz CT molecular complexity index is 1040. The Morgan fingerprint density at radius 3 is 2.75 bits per heavy atom. The van der Waals surface area contributed by atoms with E-state index in [9.17, 15) is 9.59 Å². The maximum Gasteiger partial charge on any atom is 0.269 e. The second kappa shape index (κ2) is 8.38. The van der Waals surface area contributed by atoms with Crippen LogP contribution >= 0.6 is 0 Å². The molecule has 3 rings (SSSR count). The minimum atomic E-state index is -0.325. The van der Waals surface area contributed by atoms with Crippen LogP contribution in [0.3, 0.4) is 0 Å². The van der Waals surface area contributed by atoms with Gasteiger partial charge in [0.15, 0.2) is 0 Å². The van der Waals surface area contributed by atoms with Crippen molar-refractivity contribution >= 4 is 5.91 Å². The number of methoxy groups -OCH3 is 2. The Labute approximate surface area is 161 Å². The molecule has 0 atom stereocenters. The predicted molar refractivity (Wildman–Crippen MR) is 103 cm³/mol. The number of hydrogen-bond donors (Lipinski definition) is 2. The number of rotatable bonds is 7. The number of carbonyl (C=O) groups excluding carboxylic acids is 1. The van der Waals surface area contributed by atoms with E-state index in [1.807, 2.05) is 0 Å². The zero-order valence-corrected chi connectivity index (χ0v) is 15.9. The van der Waals surface area contributed by atoms with Crippen molar-refractivity contribution in [1.29, 1.82) is 0 Å². The van der Waals surface area contributed by atoms with Gasteiger partial charge < -0.3 is 14.8 Å². The highest BCUT2D eigenvalue weighted by Gasteiger charge is 2.14. The molecule has 1 aromatic carbocycles. The fraction of sp³-hybridized carbons (Fsp3) is 0.263. The SMILES string of the molecule is COc1ccc(OC)c(-c2cc(C(=O)NCCn3cnc(C)cc3=O)[nH]n2)c1. The molecule has 2 N–H and O–H groups in total. The van der Waals surface area contributed by atoms with E-state index in [4.69, 9.17) is 9.47 Å². The van der Waals surface area contributed by atoms with Crippen LogP contribution in [0.2, 0.25) is 0 Å². The zero-order valence-electron chi connectivity index (χ0n) is 15.9. The molecule has 2 heterocycles. The summed E-state index contributed by atoms with van der Waals surface area (Å²) >= 11 is 0. The van der Waals surface area contributed by atoms with Crippen LogP contribution in [0.1, 0.15) is 16.2 Å². The topological polar surface area (TPSA) is 111 Å². The normalized spacial score (nSPS) is 10.5. The van der Waals surface area contributed by atoms with Gasteiger partial charge in [-0.15, -0.1) is 0 Å². The summed E-state index contributed by atoms with van der Waals surface area (Å²) < 4.78 is 12.0. The lowest BCUT2D eigenvalue weighted by Crippen LogP contribution is -2.31. The predicted octanol–water partition coefficient (Wildman–Crippen LogP) is 1.39. The largest absolute Gasteiger partial charge is 0.497 e. The summed E-state index contributed by atoms with van der Waals surface area (Å²) in [5, 5.41) is 9.67. The Morgan fingerprint density at radius 1 is 1.21 bits per heavy atom. The van der Waals surface area contributed by atoms with Gasteiger partial charge in [-0.25, -0.2) is 4.98 Å². The van der Waals surface area contributed by atoms with Gasteiger partial charge in [-0.05, 0) is 31.2 Å². The van der Waals surface area contributed by atoms with Crippen LogP contribution in [0.4, 0.5) is 0 Å². The Hall–Kier alpha value is -3.62. The lowest BCUT2D eigenvalue weighted by molar-refractivity contribution is 0.0947. The maximum absolute atomic E-state index is 12.4. The number of aromatic nitrogens is 4. The molecule has 0 spiro atoms. The molecule has 3 aromatic rings. The average Bonchev–Trinajstić information content (AvgIpc) is 3.19. The number of benzene rings is 1. The maximum atomic E-state index is 12.4. The molecule has 0 saturated heterocycles. The molecule has 1 amide bonds. The number of H-pyrrole nitrogens is 1. The quantitative estimate of drug-likeness (QED) is 0.638. The molecule has 0 fully saturated rings. The number of ether oxygens (including phenoxy) is 2. The molecule has 9 heteroatoms. The molecular weight excluding hydrogens is 362 g/mol. The van der Waals surface area contributed by atoms with Gasteiger partial charge in [0.25, 0.3) is 11.5 Å². The molecule has 0 bridgehead atoms. The van der Waals surface area contributed by atoms with Crippen LogP contribution in [0.15, 0.2) is 41.5 Å². The summed E-state index contributed by atoms with van der Waals surface area (Å²) in [6.07, 6.45) is 1.47. The lowest BCUT2D eigenvalue weighted by Gasteiger charge is -2.08. The third kappa shape index (κ3) is 4.20. The molecule has 0 unspecified atom stereocenters. The van der Waals surface area contributed by atoms with Crippen LogP contribution in [0.25, 0.3) is 11.3 Å². The van der Waals surface area contributed by atoms with E-state index in [2.05, 4.69) is 20.5 Å². The molecular formula is C19H21N5O4. The van der Waals surface area contributed by atoms with Gasteiger partial charge in [0, 0.05) is 30.4 Å². The molecule has 0 aliphatic heterocycles. The number of amides is 1. The van der Waals surface area contributed by atoms with E-state index >= 15 is 0 Å². The van der Waals surface area contributed by atoms with Crippen LogP contribution in [0, 0.1) is 6.92 Å². The Balaban J connectivity index is 1.68. The van der Waals surface area contributed by atoms with Crippen LogP contribution in [-0.4, -0.2) is 46.4 Å². The van der Waals surface area contributed by atoms with Crippen molar-refractivity contribution in [1.82, 2.24) is 25.1 Å². The summed E-state index contributed by atoms with van der Waals surface area (Å²) in [4.78, 5) is 28.3. The van der Waals surface area contributed by atoms with E-state index in [0.717, 1.165) is 0 Å². The molecule has 0 aliphatic carbocycles. The van der Waals surface area contributed by atoms with Crippen molar-refractivity contribution in [3.63, 3.8) is 0 Å². The van der Waals surface area contributed by atoms with Gasteiger partial charge in [0.05, 0.1) is 26.2 Å². The van der Waals surface area contributed by atoms with Crippen LogP contribution in [-0.2, 0) is 6.54 Å². The first-order valence-corrected chi connectivity index (χ1v) is 8.61. The van der Waals surface area contributed by atoms with E-state index in [1.165, 1.54) is 17.0 Å². The van der Waals surface area contributed by atoms with Crippen molar-refractivity contribution in [2.45, 2.75) is 13.5 Å². The second-order valence-electron chi connectivity index (χ2n) is 6.05. The number of carbonyl (C=O) groups is 1. The van der Waals surface area contributed by atoms with Crippen molar-refractivity contribution in [2.24, 2.45) is 0 Å². The third-order valence-electron chi connectivity index (χ3n) is 4.16. The number of nitrogens with one attached hydrogen (secondary N) is 2. The highest BCUT2D eigenvalue weighted by atomic mass is 16.5. The van der Waals surface area contributed by atoms with Crippen molar-refractivity contribution in [2.75, 3.05) is 20.8 Å². The molecule has 0 radical (unpaired) electrons. The fourth-order valence-corrected chi connectivity index (χ4v) is 2.66. The summed E-state index contributed by atoms with van der Waals surface area (Å²) in [6.45, 7) is 2.35. The summed E-state index contributed by atoms with van der Waals surface area (Å²) in [5.74, 6) is 0.946.